The Bertz CT molecular complexity index is 886. The third-order valence-electron chi connectivity index (χ3n) is 5.64. The zero-order valence-corrected chi connectivity index (χ0v) is 18.8. The van der Waals surface area contributed by atoms with E-state index in [4.69, 9.17) is 0 Å². The molecule has 1 aromatic carbocycles. The van der Waals surface area contributed by atoms with E-state index in [9.17, 15) is 9.59 Å². The molecule has 0 saturated carbocycles. The SMILES string of the molecule is CSc1ccc(CCNC(=O)[C@@H]2CCCN(c3nnc(N4CCCC4=O)s3)C2)cc1. The van der Waals surface area contributed by atoms with Crippen LogP contribution in [0.5, 0.6) is 0 Å². The molecule has 0 radical (unpaired) electrons. The van der Waals surface area contributed by atoms with E-state index in [0.29, 0.717) is 24.6 Å². The number of nitrogens with zero attached hydrogens (tertiary/aromatic N) is 4. The Kier molecular flexibility index (Phi) is 6.89. The van der Waals surface area contributed by atoms with Crippen molar-refractivity contribution in [2.45, 2.75) is 37.0 Å². The van der Waals surface area contributed by atoms with Crippen molar-refractivity contribution in [3.8, 4) is 0 Å². The Hall–Kier alpha value is -2.13. The first-order chi connectivity index (χ1) is 14.6. The summed E-state index contributed by atoms with van der Waals surface area (Å²) in [5, 5.41) is 13.1. The fourth-order valence-electron chi connectivity index (χ4n) is 3.93. The van der Waals surface area contributed by atoms with E-state index < -0.39 is 0 Å². The lowest BCUT2D eigenvalue weighted by molar-refractivity contribution is -0.125. The molecule has 30 heavy (non-hydrogen) atoms. The van der Waals surface area contributed by atoms with Gasteiger partial charge in [0.2, 0.25) is 22.1 Å². The lowest BCUT2D eigenvalue weighted by atomic mass is 9.97. The van der Waals surface area contributed by atoms with Gasteiger partial charge in [-0.1, -0.05) is 23.5 Å². The van der Waals surface area contributed by atoms with Crippen LogP contribution in [0.4, 0.5) is 10.3 Å². The summed E-state index contributed by atoms with van der Waals surface area (Å²) < 4.78 is 0. The Morgan fingerprint density at radius 3 is 2.73 bits per heavy atom. The highest BCUT2D eigenvalue weighted by molar-refractivity contribution is 7.98. The molecule has 0 spiro atoms. The van der Waals surface area contributed by atoms with Crippen LogP contribution < -0.4 is 15.1 Å². The number of hydrogen-bond donors (Lipinski definition) is 1. The van der Waals surface area contributed by atoms with Gasteiger partial charge in [0.1, 0.15) is 0 Å². The van der Waals surface area contributed by atoms with Gasteiger partial charge in [0, 0.05) is 37.5 Å². The van der Waals surface area contributed by atoms with Crippen molar-refractivity contribution in [1.82, 2.24) is 15.5 Å². The maximum absolute atomic E-state index is 12.7. The monoisotopic (exact) mass is 445 g/mol. The van der Waals surface area contributed by atoms with Gasteiger partial charge in [-0.25, -0.2) is 0 Å². The molecule has 2 aliphatic heterocycles. The maximum atomic E-state index is 12.7. The van der Waals surface area contributed by atoms with Gasteiger partial charge in [0.25, 0.3) is 0 Å². The van der Waals surface area contributed by atoms with Crippen molar-refractivity contribution in [3.63, 3.8) is 0 Å². The van der Waals surface area contributed by atoms with Crippen LogP contribution >= 0.6 is 23.1 Å². The van der Waals surface area contributed by atoms with Gasteiger partial charge in [0.15, 0.2) is 0 Å². The van der Waals surface area contributed by atoms with Crippen LogP contribution in [0.25, 0.3) is 0 Å². The number of benzene rings is 1. The second-order valence-corrected chi connectivity index (χ2v) is 9.50. The normalized spacial score (nSPS) is 19.4. The van der Waals surface area contributed by atoms with Crippen molar-refractivity contribution >= 4 is 45.2 Å². The van der Waals surface area contributed by atoms with Crippen LogP contribution in [0.15, 0.2) is 29.2 Å². The van der Waals surface area contributed by atoms with E-state index in [1.165, 1.54) is 21.8 Å². The Morgan fingerprint density at radius 2 is 2.00 bits per heavy atom. The van der Waals surface area contributed by atoms with Crippen LogP contribution in [-0.4, -0.2) is 54.4 Å². The first-order valence-corrected chi connectivity index (χ1v) is 12.5. The standard InChI is InChI=1S/C21H27N5O2S2/c1-29-17-8-6-15(7-9-17)10-11-22-19(28)16-4-2-12-25(14-16)20-23-24-21(30-20)26-13-3-5-18(26)27/h6-9,16H,2-5,10-14H2,1H3,(H,22,28)/t16-/m1/s1. The Balaban J connectivity index is 1.28. The van der Waals surface area contributed by atoms with Crippen LogP contribution in [0.2, 0.25) is 0 Å². The van der Waals surface area contributed by atoms with Gasteiger partial charge >= 0.3 is 0 Å². The smallest absolute Gasteiger partial charge is 0.228 e. The highest BCUT2D eigenvalue weighted by atomic mass is 32.2. The molecular weight excluding hydrogens is 418 g/mol. The highest BCUT2D eigenvalue weighted by Gasteiger charge is 2.29. The lowest BCUT2D eigenvalue weighted by Gasteiger charge is -2.31. The van der Waals surface area contributed by atoms with Crippen molar-refractivity contribution < 1.29 is 9.59 Å². The molecule has 1 N–H and O–H groups in total. The molecule has 7 nitrogen and oxygen atoms in total. The number of thioether (sulfide) groups is 1. The molecule has 4 rings (SSSR count). The first-order valence-electron chi connectivity index (χ1n) is 10.4. The molecule has 0 aliphatic carbocycles. The number of aromatic nitrogens is 2. The fraction of sp³-hybridized carbons (Fsp3) is 0.524. The number of carbonyl (C=O) groups is 2. The zero-order valence-electron chi connectivity index (χ0n) is 17.2. The Labute approximate surface area is 185 Å². The molecule has 2 fully saturated rings. The third-order valence-corrected chi connectivity index (χ3v) is 7.39. The van der Waals surface area contributed by atoms with E-state index in [1.54, 1.807) is 16.7 Å². The summed E-state index contributed by atoms with van der Waals surface area (Å²) in [5.74, 6) is 0.190. The number of rotatable bonds is 7. The average Bonchev–Trinajstić information content (AvgIpc) is 3.43. The van der Waals surface area contributed by atoms with Crippen molar-refractivity contribution in [2.24, 2.45) is 5.92 Å². The number of anilines is 2. The molecule has 160 valence electrons. The molecule has 1 atom stereocenters. The molecule has 2 saturated heterocycles. The highest BCUT2D eigenvalue weighted by Crippen LogP contribution is 2.32. The second-order valence-electron chi connectivity index (χ2n) is 7.69. The average molecular weight is 446 g/mol. The molecule has 0 unspecified atom stereocenters. The lowest BCUT2D eigenvalue weighted by Crippen LogP contribution is -2.43. The largest absolute Gasteiger partial charge is 0.355 e. The van der Waals surface area contributed by atoms with E-state index in [2.05, 4.69) is 50.9 Å². The predicted octanol–water partition coefficient (Wildman–Crippen LogP) is 2.96. The molecular formula is C21H27N5O2S2. The van der Waals surface area contributed by atoms with Crippen LogP contribution in [0.3, 0.4) is 0 Å². The molecule has 3 heterocycles. The maximum Gasteiger partial charge on any atom is 0.228 e. The minimum atomic E-state index is -0.0432. The van der Waals surface area contributed by atoms with Gasteiger partial charge in [-0.15, -0.1) is 22.0 Å². The molecule has 2 amide bonds. The number of nitrogens with one attached hydrogen (secondary N) is 1. The van der Waals surface area contributed by atoms with Crippen LogP contribution in [-0.2, 0) is 16.0 Å². The first kappa shape index (κ1) is 21.1. The van der Waals surface area contributed by atoms with Gasteiger partial charge in [-0.05, 0) is 49.6 Å². The summed E-state index contributed by atoms with van der Waals surface area (Å²) in [6.07, 6.45) is 6.20. The zero-order chi connectivity index (χ0) is 20.9. The molecule has 0 bridgehead atoms. The third kappa shape index (κ3) is 4.95. The van der Waals surface area contributed by atoms with Gasteiger partial charge in [-0.2, -0.15) is 0 Å². The molecule has 9 heteroatoms. The minimum absolute atomic E-state index is 0.0432. The summed E-state index contributed by atoms with van der Waals surface area (Å²) in [6, 6.07) is 8.48. The quantitative estimate of drug-likeness (QED) is 0.660. The van der Waals surface area contributed by atoms with E-state index >= 15 is 0 Å². The summed E-state index contributed by atoms with van der Waals surface area (Å²) in [4.78, 5) is 29.7. The number of piperidine rings is 1. The van der Waals surface area contributed by atoms with Gasteiger partial charge < -0.3 is 10.2 Å². The van der Waals surface area contributed by atoms with E-state index in [-0.39, 0.29) is 17.7 Å². The fourth-order valence-corrected chi connectivity index (χ4v) is 5.26. The summed E-state index contributed by atoms with van der Waals surface area (Å²) in [6.45, 7) is 2.89. The van der Waals surface area contributed by atoms with E-state index in [1.807, 2.05) is 0 Å². The Morgan fingerprint density at radius 1 is 1.20 bits per heavy atom. The number of hydrogen-bond acceptors (Lipinski definition) is 7. The van der Waals surface area contributed by atoms with Crippen LogP contribution in [0, 0.1) is 5.92 Å². The molecule has 2 aliphatic rings. The minimum Gasteiger partial charge on any atom is -0.355 e. The van der Waals surface area contributed by atoms with Crippen molar-refractivity contribution in [2.75, 3.05) is 42.2 Å². The van der Waals surface area contributed by atoms with Crippen molar-refractivity contribution in [1.29, 1.82) is 0 Å². The molecule has 2 aromatic rings. The van der Waals surface area contributed by atoms with Crippen LogP contribution in [0.1, 0.15) is 31.2 Å². The second kappa shape index (κ2) is 9.78. The number of carbonyl (C=O) groups excluding carboxylic acids is 2. The predicted molar refractivity (Wildman–Crippen MR) is 121 cm³/mol. The summed E-state index contributed by atoms with van der Waals surface area (Å²) >= 11 is 3.18. The summed E-state index contributed by atoms with van der Waals surface area (Å²) in [5.41, 5.74) is 1.23. The topological polar surface area (TPSA) is 78.4 Å². The van der Waals surface area contributed by atoms with Gasteiger partial charge in [-0.3, -0.25) is 14.5 Å². The molecule has 1 aromatic heterocycles. The van der Waals surface area contributed by atoms with E-state index in [0.717, 1.165) is 43.9 Å². The summed E-state index contributed by atoms with van der Waals surface area (Å²) in [7, 11) is 0. The number of amides is 2. The van der Waals surface area contributed by atoms with Gasteiger partial charge in [0.05, 0.1) is 5.92 Å². The van der Waals surface area contributed by atoms with Crippen molar-refractivity contribution in [3.05, 3.63) is 29.8 Å².